The van der Waals surface area contributed by atoms with Crippen LogP contribution in [0.25, 0.3) is 0 Å². The van der Waals surface area contributed by atoms with E-state index in [1.807, 2.05) is 6.92 Å². The van der Waals surface area contributed by atoms with Crippen LogP contribution in [0.1, 0.15) is 18.9 Å². The summed E-state index contributed by atoms with van der Waals surface area (Å²) in [5.74, 6) is -0.492. The fraction of sp³-hybridized carbons (Fsp3) is 0.611. The molecule has 2 saturated heterocycles. The van der Waals surface area contributed by atoms with Gasteiger partial charge in [0.15, 0.2) is 0 Å². The van der Waals surface area contributed by atoms with E-state index in [2.05, 4.69) is 5.32 Å². The molecule has 2 aliphatic heterocycles. The molecule has 7 nitrogen and oxygen atoms in total. The number of likely N-dealkylation sites (N-methyl/N-ethyl adjacent to an activating group) is 1. The predicted molar refractivity (Wildman–Crippen MR) is 99.0 cm³/mol. The summed E-state index contributed by atoms with van der Waals surface area (Å²) in [5, 5.41) is 2.45. The van der Waals surface area contributed by atoms with Gasteiger partial charge in [-0.3, -0.25) is 4.79 Å². The number of halogens is 1. The smallest absolute Gasteiger partial charge is 0.240 e. The van der Waals surface area contributed by atoms with Crippen molar-refractivity contribution in [2.24, 2.45) is 0 Å². The Balaban J connectivity index is 1.63. The van der Waals surface area contributed by atoms with Gasteiger partial charge in [0.1, 0.15) is 5.82 Å². The third kappa shape index (κ3) is 4.66. The number of ether oxygens (including phenoxy) is 1. The van der Waals surface area contributed by atoms with Gasteiger partial charge in [0.2, 0.25) is 15.9 Å². The fourth-order valence-corrected chi connectivity index (χ4v) is 5.37. The number of rotatable bonds is 6. The maximum absolute atomic E-state index is 13.4. The second-order valence-corrected chi connectivity index (χ2v) is 9.07. The van der Waals surface area contributed by atoms with E-state index in [-0.39, 0.29) is 24.7 Å². The molecule has 2 unspecified atom stereocenters. The zero-order valence-corrected chi connectivity index (χ0v) is 16.3. The Kier molecular flexibility index (Phi) is 6.46. The molecular formula is C18H26FN3O4S. The minimum absolute atomic E-state index is 0.151. The van der Waals surface area contributed by atoms with E-state index in [4.69, 9.17) is 4.74 Å². The van der Waals surface area contributed by atoms with Crippen LogP contribution < -0.4 is 5.32 Å². The van der Waals surface area contributed by atoms with Gasteiger partial charge in [-0.25, -0.2) is 12.8 Å². The number of carbonyl (C=O) groups excluding carboxylic acids is 1. The second kappa shape index (κ2) is 8.64. The van der Waals surface area contributed by atoms with Gasteiger partial charge < -0.3 is 15.0 Å². The van der Waals surface area contributed by atoms with Gasteiger partial charge in [-0.05, 0) is 31.0 Å². The van der Waals surface area contributed by atoms with Crippen LogP contribution in [0.4, 0.5) is 4.39 Å². The van der Waals surface area contributed by atoms with Crippen LogP contribution >= 0.6 is 0 Å². The van der Waals surface area contributed by atoms with E-state index in [0.717, 1.165) is 0 Å². The number of hydrogen-bond donors (Lipinski definition) is 1. The van der Waals surface area contributed by atoms with Gasteiger partial charge in [0.25, 0.3) is 0 Å². The molecule has 2 atom stereocenters. The number of carbonyl (C=O) groups is 1. The molecule has 2 aliphatic rings. The van der Waals surface area contributed by atoms with Gasteiger partial charge in [-0.1, -0.05) is 12.1 Å². The zero-order valence-electron chi connectivity index (χ0n) is 15.4. The topological polar surface area (TPSA) is 79.0 Å². The number of benzene rings is 1. The highest BCUT2D eigenvalue weighted by atomic mass is 32.2. The van der Waals surface area contributed by atoms with E-state index in [1.165, 1.54) is 16.4 Å². The highest BCUT2D eigenvalue weighted by Crippen LogP contribution is 2.21. The molecule has 0 aliphatic carbocycles. The van der Waals surface area contributed by atoms with Gasteiger partial charge in [0.05, 0.1) is 24.5 Å². The minimum Gasteiger partial charge on any atom is -0.379 e. The summed E-state index contributed by atoms with van der Waals surface area (Å²) in [6.45, 7) is 4.40. The monoisotopic (exact) mass is 399 g/mol. The second-order valence-electron chi connectivity index (χ2n) is 6.86. The first-order valence-electron chi connectivity index (χ1n) is 9.25. The molecule has 1 amide bonds. The van der Waals surface area contributed by atoms with E-state index >= 15 is 0 Å². The third-order valence-electron chi connectivity index (χ3n) is 5.10. The summed E-state index contributed by atoms with van der Waals surface area (Å²) in [4.78, 5) is 14.5. The van der Waals surface area contributed by atoms with Crippen LogP contribution in [0.5, 0.6) is 0 Å². The molecule has 2 heterocycles. The van der Waals surface area contributed by atoms with Crippen LogP contribution in [0.2, 0.25) is 0 Å². The number of hydrogen-bond acceptors (Lipinski definition) is 5. The molecule has 9 heteroatoms. The molecule has 2 fully saturated rings. The van der Waals surface area contributed by atoms with Crippen molar-refractivity contribution >= 4 is 15.9 Å². The number of sulfonamides is 1. The predicted octanol–water partition coefficient (Wildman–Crippen LogP) is 0.567. The van der Waals surface area contributed by atoms with E-state index < -0.39 is 21.3 Å². The molecule has 0 bridgehead atoms. The number of amides is 1. The Morgan fingerprint density at radius 1 is 1.37 bits per heavy atom. The van der Waals surface area contributed by atoms with Crippen LogP contribution in [0.3, 0.4) is 0 Å². The van der Waals surface area contributed by atoms with Crippen molar-refractivity contribution in [3.8, 4) is 0 Å². The normalized spacial score (nSPS) is 24.1. The van der Waals surface area contributed by atoms with Crippen molar-refractivity contribution in [1.82, 2.24) is 14.5 Å². The molecule has 1 aromatic rings. The van der Waals surface area contributed by atoms with Crippen LogP contribution in [-0.4, -0.2) is 74.2 Å². The number of morpholine rings is 1. The highest BCUT2D eigenvalue weighted by Gasteiger charge is 2.41. The molecule has 0 aromatic heterocycles. The van der Waals surface area contributed by atoms with Crippen molar-refractivity contribution in [2.75, 3.05) is 39.4 Å². The zero-order chi connectivity index (χ0) is 19.4. The quantitative estimate of drug-likeness (QED) is 0.757. The van der Waals surface area contributed by atoms with Crippen molar-refractivity contribution in [3.63, 3.8) is 0 Å². The average molecular weight is 399 g/mol. The van der Waals surface area contributed by atoms with Crippen molar-refractivity contribution < 1.29 is 22.3 Å². The van der Waals surface area contributed by atoms with Crippen LogP contribution in [0, 0.1) is 5.82 Å². The molecule has 1 N–H and O–H groups in total. The largest absolute Gasteiger partial charge is 0.379 e. The third-order valence-corrected chi connectivity index (χ3v) is 7.38. The van der Waals surface area contributed by atoms with Crippen molar-refractivity contribution in [3.05, 3.63) is 35.6 Å². The van der Waals surface area contributed by atoms with E-state index in [0.29, 0.717) is 45.0 Å². The van der Waals surface area contributed by atoms with Crippen molar-refractivity contribution in [2.45, 2.75) is 31.2 Å². The number of nitrogens with zero attached hydrogens (tertiary/aromatic N) is 2. The average Bonchev–Trinajstić information content (AvgIpc) is 3.17. The summed E-state index contributed by atoms with van der Waals surface area (Å²) < 4.78 is 45.6. The Labute approximate surface area is 159 Å². The lowest BCUT2D eigenvalue weighted by atomic mass is 10.1. The lowest BCUT2D eigenvalue weighted by molar-refractivity contribution is -0.133. The summed E-state index contributed by atoms with van der Waals surface area (Å²) in [7, 11) is -3.45. The van der Waals surface area contributed by atoms with Crippen molar-refractivity contribution in [1.29, 1.82) is 0 Å². The first-order valence-corrected chi connectivity index (χ1v) is 10.8. The SMILES string of the molecule is CCN(Cc1cccc(F)c1)C(=O)C1CC(S(=O)(=O)N2CCOCC2)CN1. The lowest BCUT2D eigenvalue weighted by Crippen LogP contribution is -2.45. The maximum Gasteiger partial charge on any atom is 0.240 e. The molecule has 1 aromatic carbocycles. The maximum atomic E-state index is 13.4. The Morgan fingerprint density at radius 2 is 2.11 bits per heavy atom. The molecule has 0 saturated carbocycles. The lowest BCUT2D eigenvalue weighted by Gasteiger charge is -2.28. The van der Waals surface area contributed by atoms with Gasteiger partial charge >= 0.3 is 0 Å². The summed E-state index contributed by atoms with van der Waals surface area (Å²) >= 11 is 0. The van der Waals surface area contributed by atoms with Crippen LogP contribution in [-0.2, 0) is 26.1 Å². The molecule has 0 spiro atoms. The first kappa shape index (κ1) is 20.2. The van der Waals surface area contributed by atoms with Gasteiger partial charge in [-0.15, -0.1) is 0 Å². The Hall–Kier alpha value is -1.55. The molecule has 150 valence electrons. The molecule has 3 rings (SSSR count). The first-order chi connectivity index (χ1) is 12.9. The Morgan fingerprint density at radius 3 is 2.78 bits per heavy atom. The minimum atomic E-state index is -3.45. The molecule has 0 radical (unpaired) electrons. The standard InChI is InChI=1S/C18H26FN3O4S/c1-2-21(13-14-4-3-5-15(19)10-14)18(23)17-11-16(12-20-17)27(24,25)22-6-8-26-9-7-22/h3-5,10,16-17,20H,2,6-9,11-13H2,1H3. The summed E-state index contributed by atoms with van der Waals surface area (Å²) in [6, 6.07) is 5.61. The van der Waals surface area contributed by atoms with Gasteiger partial charge in [-0.2, -0.15) is 4.31 Å². The molecule has 27 heavy (non-hydrogen) atoms. The van der Waals surface area contributed by atoms with Gasteiger partial charge in [0, 0.05) is 32.7 Å². The molecular weight excluding hydrogens is 373 g/mol. The Bertz CT molecular complexity index is 768. The summed E-state index contributed by atoms with van der Waals surface area (Å²) in [5.41, 5.74) is 0.709. The van der Waals surface area contributed by atoms with E-state index in [9.17, 15) is 17.6 Å². The van der Waals surface area contributed by atoms with Crippen LogP contribution in [0.15, 0.2) is 24.3 Å². The van der Waals surface area contributed by atoms with E-state index in [1.54, 1.807) is 17.0 Å². The number of nitrogens with one attached hydrogen (secondary N) is 1. The summed E-state index contributed by atoms with van der Waals surface area (Å²) in [6.07, 6.45) is 0.248. The fourth-order valence-electron chi connectivity index (χ4n) is 3.55. The highest BCUT2D eigenvalue weighted by molar-refractivity contribution is 7.89.